The highest BCUT2D eigenvalue weighted by atomic mass is 32.3. The number of aromatic nitrogens is 2. The molecule has 1 aromatic heterocycles. The molecule has 0 spiro atoms. The summed E-state index contributed by atoms with van der Waals surface area (Å²) in [6.07, 6.45) is 4.04. The molecular formula is C10H15F6N3O5S2. The number of sulfonamides is 2. The van der Waals surface area contributed by atoms with E-state index in [1.54, 1.807) is 0 Å². The quantitative estimate of drug-likeness (QED) is 0.562. The predicted molar refractivity (Wildman–Crippen MR) is 75.3 cm³/mol. The summed E-state index contributed by atoms with van der Waals surface area (Å²) in [5.74, 6) is 1.10. The molecule has 0 aliphatic heterocycles. The van der Waals surface area contributed by atoms with Crippen molar-refractivity contribution < 1.29 is 52.5 Å². The zero-order valence-corrected chi connectivity index (χ0v) is 15.1. The van der Waals surface area contributed by atoms with Gasteiger partial charge >= 0.3 is 11.0 Å². The minimum atomic E-state index is -6.72. The van der Waals surface area contributed by atoms with Crippen LogP contribution in [0.4, 0.5) is 26.3 Å². The van der Waals surface area contributed by atoms with Crippen molar-refractivity contribution in [2.75, 3.05) is 6.61 Å². The Morgan fingerprint density at radius 3 is 1.81 bits per heavy atom. The first-order valence-electron chi connectivity index (χ1n) is 6.47. The van der Waals surface area contributed by atoms with Gasteiger partial charge in [-0.2, -0.15) is 26.3 Å². The van der Waals surface area contributed by atoms with Gasteiger partial charge in [0.15, 0.2) is 26.2 Å². The summed E-state index contributed by atoms with van der Waals surface area (Å²) in [5, 5.41) is 0. The van der Waals surface area contributed by atoms with Gasteiger partial charge in [-0.25, -0.2) is 26.4 Å². The number of hydrogen-bond acceptors (Lipinski definition) is 5. The minimum absolute atomic E-state index is 0.153. The summed E-state index contributed by atoms with van der Waals surface area (Å²) < 4.78 is 117. The van der Waals surface area contributed by atoms with E-state index in [0.717, 1.165) is 16.6 Å². The molecule has 8 nitrogen and oxygen atoms in total. The van der Waals surface area contributed by atoms with E-state index < -0.39 is 31.1 Å². The highest BCUT2D eigenvalue weighted by Gasteiger charge is 2.46. The molecule has 1 rings (SSSR count). The lowest BCUT2D eigenvalue weighted by Gasteiger charge is -2.22. The molecule has 1 aromatic rings. The molecule has 154 valence electrons. The number of aromatic amines is 1. The number of ether oxygens (including phenoxy) is 1. The van der Waals surface area contributed by atoms with Crippen LogP contribution in [0.15, 0.2) is 12.4 Å². The van der Waals surface area contributed by atoms with Gasteiger partial charge in [-0.1, -0.05) is 0 Å². The number of rotatable bonds is 5. The second kappa shape index (κ2) is 8.53. The minimum Gasteiger partial charge on any atom is -0.421 e. The fourth-order valence-corrected chi connectivity index (χ4v) is 3.07. The Kier molecular flexibility index (Phi) is 8.08. The van der Waals surface area contributed by atoms with Crippen molar-refractivity contribution in [1.82, 2.24) is 4.98 Å². The van der Waals surface area contributed by atoms with Gasteiger partial charge in [0.2, 0.25) is 0 Å². The number of halogens is 6. The normalized spacial score (nSPS) is 14.5. The van der Waals surface area contributed by atoms with Crippen LogP contribution in [-0.4, -0.2) is 39.4 Å². The Bertz CT molecular complexity index is 743. The molecule has 26 heavy (non-hydrogen) atoms. The molecule has 0 radical (unpaired) electrons. The average molecular weight is 435 g/mol. The summed E-state index contributed by atoms with van der Waals surface area (Å²) >= 11 is 0. The first-order chi connectivity index (χ1) is 11.5. The van der Waals surface area contributed by atoms with Gasteiger partial charge in [-0.05, 0) is 13.8 Å². The summed E-state index contributed by atoms with van der Waals surface area (Å²) in [4.78, 5) is 3.13. The van der Waals surface area contributed by atoms with E-state index in [4.69, 9.17) is 4.74 Å². The molecule has 0 saturated heterocycles. The van der Waals surface area contributed by atoms with Crippen molar-refractivity contribution in [2.24, 2.45) is 7.05 Å². The molecule has 1 atom stereocenters. The van der Waals surface area contributed by atoms with E-state index in [0.29, 0.717) is 0 Å². The molecule has 0 aliphatic carbocycles. The standard InChI is InChI=1S/C8H14N2O.C2F6NO4S2/c1-4-11-7(2)8-9-5-6-10(8)3;3-1(4,5)14(10,11)9-15(12,13)2(6,7)8/h5-7H,4H2,1-3H3;/q;-1/p+1. The number of hydrogen-bond donors (Lipinski definition) is 1. The van der Waals surface area contributed by atoms with E-state index in [-0.39, 0.29) is 6.10 Å². The molecule has 1 heterocycles. The zero-order valence-electron chi connectivity index (χ0n) is 13.5. The highest BCUT2D eigenvalue weighted by molar-refractivity contribution is 8.13. The number of imidazole rings is 1. The third-order valence-corrected chi connectivity index (χ3v) is 5.23. The van der Waals surface area contributed by atoms with Gasteiger partial charge in [-0.3, -0.25) is 0 Å². The molecule has 1 unspecified atom stereocenters. The first kappa shape index (κ1) is 24.6. The van der Waals surface area contributed by atoms with E-state index >= 15 is 0 Å². The van der Waals surface area contributed by atoms with Crippen LogP contribution in [0.5, 0.6) is 0 Å². The Balaban J connectivity index is 0.000000502. The lowest BCUT2D eigenvalue weighted by atomic mass is 10.4. The van der Waals surface area contributed by atoms with E-state index in [9.17, 15) is 43.2 Å². The molecule has 0 fully saturated rings. The number of nitrogens with one attached hydrogen (secondary N) is 1. The fraction of sp³-hybridized carbons (Fsp3) is 0.700. The van der Waals surface area contributed by atoms with E-state index in [2.05, 4.69) is 4.98 Å². The monoisotopic (exact) mass is 435 g/mol. The first-order valence-corrected chi connectivity index (χ1v) is 9.35. The number of alkyl halides is 6. The molecule has 0 saturated carbocycles. The maximum atomic E-state index is 11.4. The second-order valence-corrected chi connectivity index (χ2v) is 7.89. The summed E-state index contributed by atoms with van der Waals surface area (Å²) in [6.45, 7) is 4.79. The SMILES string of the molecule is CCOC(C)c1[nH]cc[n+]1C.O=S(=O)([N-]S(=O)(=O)C(F)(F)F)C(F)(F)F. The third kappa shape index (κ3) is 6.73. The Hall–Kier alpha value is -1.39. The number of aryl methyl sites for hydroxylation is 1. The largest absolute Gasteiger partial charge is 0.480 e. The maximum Gasteiger partial charge on any atom is 0.480 e. The lowest BCUT2D eigenvalue weighted by molar-refractivity contribution is -0.681. The molecule has 0 aliphatic rings. The third-order valence-electron chi connectivity index (χ3n) is 2.49. The van der Waals surface area contributed by atoms with Crippen molar-refractivity contribution >= 4 is 20.0 Å². The van der Waals surface area contributed by atoms with Crippen LogP contribution in [0.3, 0.4) is 0 Å². The Morgan fingerprint density at radius 1 is 1.12 bits per heavy atom. The lowest BCUT2D eigenvalue weighted by Crippen LogP contribution is -2.32. The second-order valence-electron chi connectivity index (χ2n) is 4.47. The van der Waals surface area contributed by atoms with Crippen molar-refractivity contribution in [1.29, 1.82) is 0 Å². The molecule has 0 aromatic carbocycles. The predicted octanol–water partition coefficient (Wildman–Crippen LogP) is 2.00. The molecule has 1 N–H and O–H groups in total. The van der Waals surface area contributed by atoms with E-state index in [1.165, 1.54) is 0 Å². The van der Waals surface area contributed by atoms with Gasteiger partial charge < -0.3 is 8.86 Å². The summed E-state index contributed by atoms with van der Waals surface area (Å²) in [7, 11) is -11.4. The smallest absolute Gasteiger partial charge is 0.421 e. The maximum absolute atomic E-state index is 11.4. The van der Waals surface area contributed by atoms with Gasteiger partial charge in [0.05, 0.1) is 7.05 Å². The van der Waals surface area contributed by atoms with Crippen molar-refractivity contribution in [3.63, 3.8) is 0 Å². The van der Waals surface area contributed by atoms with Crippen LogP contribution in [0.2, 0.25) is 0 Å². The van der Waals surface area contributed by atoms with Crippen molar-refractivity contribution in [3.05, 3.63) is 22.3 Å². The van der Waals surface area contributed by atoms with Crippen molar-refractivity contribution in [3.8, 4) is 0 Å². The van der Waals surface area contributed by atoms with Crippen LogP contribution < -0.4 is 4.57 Å². The van der Waals surface area contributed by atoms with Crippen LogP contribution in [-0.2, 0) is 31.8 Å². The van der Waals surface area contributed by atoms with Gasteiger partial charge in [0, 0.05) is 6.61 Å². The molecule has 0 bridgehead atoms. The number of H-pyrrole nitrogens is 1. The van der Waals surface area contributed by atoms with Crippen LogP contribution in [0.25, 0.3) is 4.13 Å². The van der Waals surface area contributed by atoms with Crippen molar-refractivity contribution in [2.45, 2.75) is 31.0 Å². The van der Waals surface area contributed by atoms with E-state index in [1.807, 2.05) is 37.9 Å². The Morgan fingerprint density at radius 2 is 1.54 bits per heavy atom. The average Bonchev–Trinajstić information content (AvgIpc) is 2.82. The molecular weight excluding hydrogens is 420 g/mol. The van der Waals surface area contributed by atoms with Gasteiger partial charge in [0.25, 0.3) is 5.82 Å². The molecule has 0 amide bonds. The van der Waals surface area contributed by atoms with Crippen LogP contribution in [0, 0.1) is 0 Å². The summed E-state index contributed by atoms with van der Waals surface area (Å²) in [6, 6.07) is 0. The zero-order chi connectivity index (χ0) is 21.0. The molecule has 16 heteroatoms. The highest BCUT2D eigenvalue weighted by Crippen LogP contribution is 2.36. The van der Waals surface area contributed by atoms with Gasteiger partial charge in [0.1, 0.15) is 12.4 Å². The van der Waals surface area contributed by atoms with Crippen LogP contribution in [0.1, 0.15) is 25.8 Å². The fourth-order valence-electron chi connectivity index (χ4n) is 1.36. The number of nitrogens with zero attached hydrogens (tertiary/aromatic N) is 2. The van der Waals surface area contributed by atoms with Crippen LogP contribution >= 0.6 is 0 Å². The van der Waals surface area contributed by atoms with Gasteiger partial charge in [-0.15, -0.1) is 0 Å². The topological polar surface area (TPSA) is 111 Å². The Labute approximate surface area is 145 Å². The summed E-state index contributed by atoms with van der Waals surface area (Å²) in [5.41, 5.74) is -12.4.